The summed E-state index contributed by atoms with van der Waals surface area (Å²) < 4.78 is 0. The predicted molar refractivity (Wildman–Crippen MR) is 22.2 cm³/mol. The van der Waals surface area contributed by atoms with Crippen LogP contribution in [0.1, 0.15) is 5.69 Å². The Kier molecular flexibility index (Phi) is 0.638. The van der Waals surface area contributed by atoms with Gasteiger partial charge in [0.05, 0.1) is 6.33 Å². The van der Waals surface area contributed by atoms with E-state index in [1.807, 2.05) is 6.92 Å². The van der Waals surface area contributed by atoms with Crippen molar-refractivity contribution >= 4 is 0 Å². The molecule has 0 spiro atoms. The molecule has 0 unspecified atom stereocenters. The average molecular weight is 81.1 g/mol. The molecule has 1 N–H and O–H groups in total. The lowest BCUT2D eigenvalue weighted by Gasteiger charge is -1.66. The van der Waals surface area contributed by atoms with E-state index in [1.54, 1.807) is 6.33 Å². The van der Waals surface area contributed by atoms with E-state index in [0.717, 1.165) is 5.69 Å². The molecule has 6 heavy (non-hydrogen) atoms. The van der Waals surface area contributed by atoms with E-state index in [4.69, 9.17) is 0 Å². The summed E-state index contributed by atoms with van der Waals surface area (Å²) >= 11 is 0. The molecule has 1 heterocycles. The topological polar surface area (TPSA) is 28.7 Å². The number of imidazole rings is 1. The Balaban J connectivity index is 3.05. The highest BCUT2D eigenvalue weighted by atomic mass is 14.8. The van der Waals surface area contributed by atoms with E-state index >= 15 is 0 Å². The van der Waals surface area contributed by atoms with Gasteiger partial charge in [-0.2, -0.15) is 0 Å². The highest BCUT2D eigenvalue weighted by Crippen LogP contribution is 1.79. The number of H-pyrrole nitrogens is 1. The lowest BCUT2D eigenvalue weighted by molar-refractivity contribution is 1.25. The van der Waals surface area contributed by atoms with E-state index in [0.29, 0.717) is 0 Å². The van der Waals surface area contributed by atoms with Crippen LogP contribution in [-0.4, -0.2) is 9.97 Å². The Hall–Kier alpha value is -0.790. The van der Waals surface area contributed by atoms with Crippen LogP contribution >= 0.6 is 0 Å². The second-order valence-corrected chi connectivity index (χ2v) is 1.14. The molecule has 0 saturated heterocycles. The molecule has 0 aliphatic rings. The minimum absolute atomic E-state index is 0.981. The SMILES string of the molecule is Cc1[c]nc[nH]1. The van der Waals surface area contributed by atoms with Crippen LogP contribution in [0.5, 0.6) is 0 Å². The summed E-state index contributed by atoms with van der Waals surface area (Å²) in [6, 6.07) is 0. The number of hydrogen-bond donors (Lipinski definition) is 1. The average Bonchev–Trinajstić information content (AvgIpc) is 1.86. The Morgan fingerprint density at radius 2 is 2.83 bits per heavy atom. The molecule has 1 radical (unpaired) electrons. The number of nitrogens with one attached hydrogen (secondary N) is 1. The van der Waals surface area contributed by atoms with Crippen LogP contribution in [0.4, 0.5) is 0 Å². The van der Waals surface area contributed by atoms with Crippen molar-refractivity contribution < 1.29 is 0 Å². The maximum absolute atomic E-state index is 3.64. The molecule has 1 aromatic heterocycles. The van der Waals surface area contributed by atoms with Crippen molar-refractivity contribution in [2.24, 2.45) is 0 Å². The Bertz CT molecular complexity index is 109. The van der Waals surface area contributed by atoms with Gasteiger partial charge in [-0.05, 0) is 6.92 Å². The predicted octanol–water partition coefficient (Wildman–Crippen LogP) is 0.518. The van der Waals surface area contributed by atoms with Gasteiger partial charge >= 0.3 is 0 Å². The zero-order valence-corrected chi connectivity index (χ0v) is 3.52. The van der Waals surface area contributed by atoms with Crippen molar-refractivity contribution in [2.45, 2.75) is 6.92 Å². The third-order valence-corrected chi connectivity index (χ3v) is 0.578. The van der Waals surface area contributed by atoms with E-state index in [2.05, 4.69) is 16.2 Å². The number of aryl methyl sites for hydroxylation is 1. The van der Waals surface area contributed by atoms with Crippen molar-refractivity contribution in [1.29, 1.82) is 0 Å². The van der Waals surface area contributed by atoms with Gasteiger partial charge in [-0.25, -0.2) is 4.98 Å². The maximum atomic E-state index is 3.64. The van der Waals surface area contributed by atoms with Crippen molar-refractivity contribution in [3.63, 3.8) is 0 Å². The second-order valence-electron chi connectivity index (χ2n) is 1.14. The molecule has 31 valence electrons. The number of aromatic amines is 1. The smallest absolute Gasteiger partial charge is 0.111 e. The largest absolute Gasteiger partial charge is 0.348 e. The summed E-state index contributed by atoms with van der Waals surface area (Å²) in [6.07, 6.45) is 4.30. The van der Waals surface area contributed by atoms with Crippen molar-refractivity contribution in [1.82, 2.24) is 9.97 Å². The fourth-order valence-electron chi connectivity index (χ4n) is 0.290. The summed E-state index contributed by atoms with van der Waals surface area (Å²) in [6.45, 7) is 1.91. The third kappa shape index (κ3) is 0.407. The van der Waals surface area contributed by atoms with Gasteiger partial charge in [0, 0.05) is 5.69 Å². The minimum Gasteiger partial charge on any atom is -0.348 e. The van der Waals surface area contributed by atoms with E-state index in [-0.39, 0.29) is 0 Å². The van der Waals surface area contributed by atoms with Crippen molar-refractivity contribution in [3.05, 3.63) is 18.2 Å². The molecule has 0 saturated carbocycles. The van der Waals surface area contributed by atoms with Crippen LogP contribution in [0.25, 0.3) is 0 Å². The van der Waals surface area contributed by atoms with Gasteiger partial charge in [0.1, 0.15) is 6.20 Å². The first kappa shape index (κ1) is 3.40. The third-order valence-electron chi connectivity index (χ3n) is 0.578. The molecule has 0 amide bonds. The van der Waals surface area contributed by atoms with Crippen molar-refractivity contribution in [2.75, 3.05) is 0 Å². The molecule has 1 aromatic rings. The molecule has 0 aliphatic carbocycles. The molecule has 0 bridgehead atoms. The molecule has 0 fully saturated rings. The molecule has 2 nitrogen and oxygen atoms in total. The number of nitrogens with zero attached hydrogens (tertiary/aromatic N) is 1. The zero-order chi connectivity index (χ0) is 4.41. The van der Waals surface area contributed by atoms with Gasteiger partial charge in [-0.3, -0.25) is 0 Å². The molecule has 0 aliphatic heterocycles. The van der Waals surface area contributed by atoms with Gasteiger partial charge < -0.3 is 4.98 Å². The fourth-order valence-corrected chi connectivity index (χ4v) is 0.290. The number of rotatable bonds is 0. The molecular formula is C4H5N2. The zero-order valence-electron chi connectivity index (χ0n) is 3.52. The Morgan fingerprint density at radius 3 is 3.00 bits per heavy atom. The first-order valence-corrected chi connectivity index (χ1v) is 1.77. The summed E-state index contributed by atoms with van der Waals surface area (Å²) in [5.74, 6) is 0. The molecular weight excluding hydrogens is 76.1 g/mol. The van der Waals surface area contributed by atoms with Crippen molar-refractivity contribution in [3.8, 4) is 0 Å². The molecule has 0 atom stereocenters. The van der Waals surface area contributed by atoms with Gasteiger partial charge in [0.2, 0.25) is 0 Å². The minimum atomic E-state index is 0.981. The quantitative estimate of drug-likeness (QED) is 0.484. The molecule has 1 rings (SSSR count). The van der Waals surface area contributed by atoms with Gasteiger partial charge in [0.15, 0.2) is 0 Å². The van der Waals surface area contributed by atoms with Crippen LogP contribution in [0.3, 0.4) is 0 Å². The van der Waals surface area contributed by atoms with Gasteiger partial charge in [-0.15, -0.1) is 0 Å². The first-order valence-electron chi connectivity index (χ1n) is 1.77. The standard InChI is InChI=1S/C4H5N2/c1-4-2-5-3-6-4/h3H,1H3,(H,5,6). The molecule has 2 heteroatoms. The van der Waals surface area contributed by atoms with Crippen LogP contribution in [0.2, 0.25) is 0 Å². The highest BCUT2D eigenvalue weighted by Gasteiger charge is 1.75. The van der Waals surface area contributed by atoms with Gasteiger partial charge in [0.25, 0.3) is 0 Å². The second kappa shape index (κ2) is 1.12. The monoisotopic (exact) mass is 81.0 g/mol. The summed E-state index contributed by atoms with van der Waals surface area (Å²) in [5.41, 5.74) is 0.981. The number of hydrogen-bond acceptors (Lipinski definition) is 1. The summed E-state index contributed by atoms with van der Waals surface area (Å²) in [7, 11) is 0. The summed E-state index contributed by atoms with van der Waals surface area (Å²) in [4.78, 5) is 6.47. The lowest BCUT2D eigenvalue weighted by Crippen LogP contribution is -1.60. The normalized spacial score (nSPS) is 8.83. The van der Waals surface area contributed by atoms with Crippen LogP contribution in [0.15, 0.2) is 6.33 Å². The lowest BCUT2D eigenvalue weighted by atomic mass is 10.6. The fraction of sp³-hybridized carbons (Fsp3) is 0.250. The molecule has 0 aromatic carbocycles. The van der Waals surface area contributed by atoms with E-state index < -0.39 is 0 Å². The maximum Gasteiger partial charge on any atom is 0.111 e. The van der Waals surface area contributed by atoms with Crippen LogP contribution < -0.4 is 0 Å². The van der Waals surface area contributed by atoms with Gasteiger partial charge in [-0.1, -0.05) is 0 Å². The summed E-state index contributed by atoms with van der Waals surface area (Å²) in [5, 5.41) is 0. The van der Waals surface area contributed by atoms with E-state index in [1.165, 1.54) is 0 Å². The highest BCUT2D eigenvalue weighted by molar-refractivity contribution is 4.85. The Morgan fingerprint density at radius 1 is 2.00 bits per heavy atom. The Labute approximate surface area is 36.2 Å². The number of aromatic nitrogens is 2. The van der Waals surface area contributed by atoms with Crippen LogP contribution in [-0.2, 0) is 0 Å². The van der Waals surface area contributed by atoms with E-state index in [9.17, 15) is 0 Å². The van der Waals surface area contributed by atoms with Crippen LogP contribution in [0, 0.1) is 13.1 Å². The first-order chi connectivity index (χ1) is 2.89.